The molecule has 206 valence electrons. The van der Waals surface area contributed by atoms with E-state index in [4.69, 9.17) is 10.5 Å². The van der Waals surface area contributed by atoms with Gasteiger partial charge in [-0.25, -0.2) is 4.79 Å². The van der Waals surface area contributed by atoms with Gasteiger partial charge in [-0.15, -0.1) is 0 Å². The summed E-state index contributed by atoms with van der Waals surface area (Å²) in [5.41, 5.74) is 6.65. The number of primary amides is 1. The molecule has 1 fully saturated rings. The van der Waals surface area contributed by atoms with Crippen LogP contribution >= 0.6 is 0 Å². The van der Waals surface area contributed by atoms with E-state index in [1.54, 1.807) is 25.7 Å². The van der Waals surface area contributed by atoms with Crippen molar-refractivity contribution in [1.29, 1.82) is 0 Å². The van der Waals surface area contributed by atoms with Crippen molar-refractivity contribution in [3.8, 4) is 0 Å². The number of alkyl carbamates (subject to hydrolysis) is 1. The van der Waals surface area contributed by atoms with Gasteiger partial charge in [0, 0.05) is 18.0 Å². The van der Waals surface area contributed by atoms with Crippen molar-refractivity contribution in [3.63, 3.8) is 0 Å². The summed E-state index contributed by atoms with van der Waals surface area (Å²) in [6.45, 7) is 14.7. The molecule has 1 aliphatic carbocycles. The molecule has 0 bridgehead atoms. The van der Waals surface area contributed by atoms with Crippen LogP contribution in [0, 0.1) is 13.8 Å². The molecule has 1 aromatic rings. The largest absolute Gasteiger partial charge is 0.444 e. The van der Waals surface area contributed by atoms with Crippen LogP contribution in [0.3, 0.4) is 0 Å². The Morgan fingerprint density at radius 1 is 1.08 bits per heavy atom. The van der Waals surface area contributed by atoms with E-state index in [2.05, 4.69) is 10.6 Å². The predicted molar refractivity (Wildman–Crippen MR) is 143 cm³/mol. The molecule has 1 saturated carbocycles. The average Bonchev–Trinajstić information content (AvgIpc) is 2.68. The van der Waals surface area contributed by atoms with E-state index in [0.29, 0.717) is 0 Å². The van der Waals surface area contributed by atoms with E-state index in [0.717, 1.165) is 36.0 Å². The van der Waals surface area contributed by atoms with Crippen LogP contribution < -0.4 is 16.4 Å². The molecule has 4 N–H and O–H groups in total. The molecular weight excluding hydrogens is 472 g/mol. The average molecular weight is 517 g/mol. The van der Waals surface area contributed by atoms with Gasteiger partial charge in [0.25, 0.3) is 0 Å². The van der Waals surface area contributed by atoms with E-state index in [9.17, 15) is 19.2 Å². The zero-order valence-electron chi connectivity index (χ0n) is 23.6. The van der Waals surface area contributed by atoms with Gasteiger partial charge in [-0.3, -0.25) is 14.4 Å². The van der Waals surface area contributed by atoms with Gasteiger partial charge in [0.2, 0.25) is 17.7 Å². The molecule has 0 spiro atoms. The van der Waals surface area contributed by atoms with Gasteiger partial charge in [0.1, 0.15) is 17.7 Å². The molecule has 2 atom stereocenters. The molecule has 0 radical (unpaired) electrons. The first-order chi connectivity index (χ1) is 17.0. The minimum absolute atomic E-state index is 0.00294. The number of benzene rings is 1. The predicted octanol–water partition coefficient (Wildman–Crippen LogP) is 3.80. The molecule has 0 aliphatic heterocycles. The second kappa shape index (κ2) is 12.0. The first kappa shape index (κ1) is 30.1. The van der Waals surface area contributed by atoms with Gasteiger partial charge in [0.05, 0.1) is 0 Å². The number of amides is 4. The Bertz CT molecular complexity index is 1000. The van der Waals surface area contributed by atoms with Crippen LogP contribution in [0.25, 0.3) is 0 Å². The third-order valence-corrected chi connectivity index (χ3v) is 6.15. The van der Waals surface area contributed by atoms with E-state index in [-0.39, 0.29) is 24.8 Å². The number of ether oxygens (including phenoxy) is 1. The molecule has 0 aromatic heterocycles. The van der Waals surface area contributed by atoms with E-state index in [1.807, 2.05) is 52.8 Å². The van der Waals surface area contributed by atoms with Crippen LogP contribution in [0.5, 0.6) is 0 Å². The highest BCUT2D eigenvalue weighted by Gasteiger charge is 2.43. The number of hydrogen-bond acceptors (Lipinski definition) is 5. The monoisotopic (exact) mass is 516 g/mol. The molecule has 9 nitrogen and oxygen atoms in total. The fourth-order valence-electron chi connectivity index (χ4n) is 4.27. The topological polar surface area (TPSA) is 131 Å². The zero-order valence-corrected chi connectivity index (χ0v) is 23.6. The Kier molecular flexibility index (Phi) is 9.74. The lowest BCUT2D eigenvalue weighted by Crippen LogP contribution is -2.58. The first-order valence-corrected chi connectivity index (χ1v) is 13.0. The van der Waals surface area contributed by atoms with Crippen LogP contribution in [0.15, 0.2) is 18.2 Å². The lowest BCUT2D eigenvalue weighted by atomic mass is 9.86. The summed E-state index contributed by atoms with van der Waals surface area (Å²) in [6, 6.07) is 3.66. The minimum Gasteiger partial charge on any atom is -0.444 e. The molecule has 37 heavy (non-hydrogen) atoms. The van der Waals surface area contributed by atoms with Crippen LogP contribution in [0.4, 0.5) is 4.79 Å². The van der Waals surface area contributed by atoms with Gasteiger partial charge in [-0.05, 0) is 92.2 Å². The summed E-state index contributed by atoms with van der Waals surface area (Å²) in [6.07, 6.45) is 1.53. The van der Waals surface area contributed by atoms with Crippen LogP contribution in [-0.2, 0) is 19.1 Å². The highest BCUT2D eigenvalue weighted by atomic mass is 16.6. The van der Waals surface area contributed by atoms with Crippen LogP contribution in [0.2, 0.25) is 0 Å². The number of nitrogens with two attached hydrogens (primary N) is 1. The summed E-state index contributed by atoms with van der Waals surface area (Å²) >= 11 is 0. The smallest absolute Gasteiger partial charge is 0.408 e. The van der Waals surface area contributed by atoms with Crippen molar-refractivity contribution in [2.45, 2.75) is 117 Å². The second-order valence-electron chi connectivity index (χ2n) is 12.0. The Morgan fingerprint density at radius 2 is 1.70 bits per heavy atom. The lowest BCUT2D eigenvalue weighted by molar-refractivity contribution is -0.148. The number of rotatable bonds is 9. The van der Waals surface area contributed by atoms with Crippen molar-refractivity contribution in [1.82, 2.24) is 15.5 Å². The summed E-state index contributed by atoms with van der Waals surface area (Å²) in [4.78, 5) is 53.9. The Labute approximate surface area is 220 Å². The molecule has 2 unspecified atom stereocenters. The Balaban J connectivity index is 2.57. The standard InChI is InChI=1S/C28H44N4O5/c1-17-12-13-18(2)20(16-17)23(24(34)31-27(3,4)5)32(19-10-9-11-19)25(35)21(14-15-22(29)33)30-26(36)37-28(6,7)8/h12-13,16,19,21,23H,9-11,14-15H2,1-8H3,(H2,29,33)(H,30,36)(H,31,34). The SMILES string of the molecule is Cc1ccc(C)c(C(C(=O)NC(C)(C)C)N(C(=O)C(CCC(N)=O)NC(=O)OC(C)(C)C)C2CCC2)c1. The highest BCUT2D eigenvalue weighted by Crippen LogP contribution is 2.35. The number of carbonyl (C=O) groups excluding carboxylic acids is 4. The number of carbonyl (C=O) groups is 4. The van der Waals surface area contributed by atoms with Crippen LogP contribution in [0.1, 0.15) is 96.4 Å². The third kappa shape index (κ3) is 9.05. The first-order valence-electron chi connectivity index (χ1n) is 13.0. The molecule has 2 rings (SSSR count). The van der Waals surface area contributed by atoms with E-state index in [1.165, 1.54) is 0 Å². The maximum atomic E-state index is 14.2. The molecule has 0 saturated heterocycles. The maximum Gasteiger partial charge on any atom is 0.408 e. The number of nitrogens with one attached hydrogen (secondary N) is 2. The summed E-state index contributed by atoms with van der Waals surface area (Å²) in [5, 5.41) is 5.68. The van der Waals surface area contributed by atoms with Gasteiger partial charge in [0.15, 0.2) is 0 Å². The van der Waals surface area contributed by atoms with Gasteiger partial charge >= 0.3 is 6.09 Å². The molecule has 4 amide bonds. The van der Waals surface area contributed by atoms with Gasteiger partial charge < -0.3 is 26.0 Å². The third-order valence-electron chi connectivity index (χ3n) is 6.15. The van der Waals surface area contributed by atoms with Gasteiger partial charge in [-0.1, -0.05) is 23.8 Å². The molecular formula is C28H44N4O5. The lowest BCUT2D eigenvalue weighted by Gasteiger charge is -2.44. The minimum atomic E-state index is -1.09. The number of aryl methyl sites for hydroxylation is 2. The summed E-state index contributed by atoms with van der Waals surface area (Å²) in [5.74, 6) is -1.32. The maximum absolute atomic E-state index is 14.2. The molecule has 1 aromatic carbocycles. The zero-order chi connectivity index (χ0) is 28.1. The normalized spacial score (nSPS) is 15.7. The van der Waals surface area contributed by atoms with Crippen LogP contribution in [-0.4, -0.2) is 51.9 Å². The Hall–Kier alpha value is -3.10. The quantitative estimate of drug-likeness (QED) is 0.459. The Morgan fingerprint density at radius 3 is 2.19 bits per heavy atom. The fourth-order valence-corrected chi connectivity index (χ4v) is 4.27. The summed E-state index contributed by atoms with van der Waals surface area (Å²) in [7, 11) is 0. The molecule has 9 heteroatoms. The fraction of sp³-hybridized carbons (Fsp3) is 0.643. The van der Waals surface area contributed by atoms with Gasteiger partial charge in [-0.2, -0.15) is 0 Å². The van der Waals surface area contributed by atoms with E-state index < -0.39 is 41.1 Å². The number of hydrogen-bond donors (Lipinski definition) is 3. The number of nitrogens with zero attached hydrogens (tertiary/aromatic N) is 1. The van der Waals surface area contributed by atoms with Crippen molar-refractivity contribution < 1.29 is 23.9 Å². The van der Waals surface area contributed by atoms with Crippen molar-refractivity contribution in [3.05, 3.63) is 34.9 Å². The molecule has 0 heterocycles. The van der Waals surface area contributed by atoms with Crippen molar-refractivity contribution in [2.75, 3.05) is 0 Å². The van der Waals surface area contributed by atoms with E-state index >= 15 is 0 Å². The van der Waals surface area contributed by atoms with Crippen molar-refractivity contribution >= 4 is 23.8 Å². The summed E-state index contributed by atoms with van der Waals surface area (Å²) < 4.78 is 5.38. The van der Waals surface area contributed by atoms with Crippen molar-refractivity contribution in [2.24, 2.45) is 5.73 Å². The molecule has 1 aliphatic rings. The highest BCUT2D eigenvalue weighted by molar-refractivity contribution is 5.93. The second-order valence-corrected chi connectivity index (χ2v) is 12.0.